The van der Waals surface area contributed by atoms with Crippen LogP contribution < -0.4 is 0 Å². The van der Waals surface area contributed by atoms with E-state index in [1.807, 2.05) is 12.1 Å². The molecule has 1 aromatic rings. The minimum Gasteiger partial charge on any atom is -0.481 e. The van der Waals surface area contributed by atoms with Gasteiger partial charge in [-0.15, -0.1) is 11.8 Å². The molecule has 0 aromatic heterocycles. The van der Waals surface area contributed by atoms with Crippen LogP contribution in [0, 0.1) is 0 Å². The zero-order valence-electron chi connectivity index (χ0n) is 9.06. The van der Waals surface area contributed by atoms with E-state index in [-0.39, 0.29) is 6.42 Å². The van der Waals surface area contributed by atoms with Gasteiger partial charge in [-0.2, -0.15) is 0 Å². The average Bonchev–Trinajstić information content (AvgIpc) is 2.17. The van der Waals surface area contributed by atoms with Gasteiger partial charge in [-0.1, -0.05) is 32.0 Å². The highest BCUT2D eigenvalue weighted by atomic mass is 32.2. The van der Waals surface area contributed by atoms with Crippen molar-refractivity contribution in [2.75, 3.05) is 5.75 Å². The van der Waals surface area contributed by atoms with E-state index in [4.69, 9.17) is 5.11 Å². The van der Waals surface area contributed by atoms with Crippen molar-refractivity contribution in [1.29, 1.82) is 0 Å². The molecule has 0 heterocycles. The second-order valence-electron chi connectivity index (χ2n) is 3.68. The molecule has 0 atom stereocenters. The van der Waals surface area contributed by atoms with Crippen LogP contribution in [0.15, 0.2) is 29.2 Å². The standard InChI is InChI=1S/C12H16O2S/c1-9(2)10-5-3-4-6-11(10)15-8-7-12(13)14/h3-6,9H,7-8H2,1-2H3,(H,13,14). The molecular weight excluding hydrogens is 208 g/mol. The highest BCUT2D eigenvalue weighted by molar-refractivity contribution is 7.99. The third-order valence-electron chi connectivity index (χ3n) is 2.11. The Labute approximate surface area is 94.7 Å². The van der Waals surface area contributed by atoms with Gasteiger partial charge in [0.15, 0.2) is 0 Å². The molecule has 1 aromatic carbocycles. The van der Waals surface area contributed by atoms with Crippen molar-refractivity contribution < 1.29 is 9.90 Å². The maximum atomic E-state index is 10.4. The first-order chi connectivity index (χ1) is 7.11. The van der Waals surface area contributed by atoms with Crippen molar-refractivity contribution in [2.45, 2.75) is 31.1 Å². The number of benzene rings is 1. The lowest BCUT2D eigenvalue weighted by molar-refractivity contribution is -0.136. The summed E-state index contributed by atoms with van der Waals surface area (Å²) in [7, 11) is 0. The molecule has 0 aliphatic heterocycles. The normalized spacial score (nSPS) is 10.6. The first-order valence-electron chi connectivity index (χ1n) is 5.04. The summed E-state index contributed by atoms with van der Waals surface area (Å²) in [5.41, 5.74) is 1.30. The van der Waals surface area contributed by atoms with Crippen LogP contribution in [0.3, 0.4) is 0 Å². The van der Waals surface area contributed by atoms with Crippen molar-refractivity contribution in [3.63, 3.8) is 0 Å². The van der Waals surface area contributed by atoms with Gasteiger partial charge in [0, 0.05) is 10.6 Å². The largest absolute Gasteiger partial charge is 0.481 e. The van der Waals surface area contributed by atoms with Gasteiger partial charge >= 0.3 is 5.97 Å². The molecule has 3 heteroatoms. The lowest BCUT2D eigenvalue weighted by Crippen LogP contribution is -1.97. The molecule has 0 aliphatic rings. The van der Waals surface area contributed by atoms with Gasteiger partial charge < -0.3 is 5.11 Å². The first-order valence-corrected chi connectivity index (χ1v) is 6.03. The fourth-order valence-corrected chi connectivity index (χ4v) is 2.48. The van der Waals surface area contributed by atoms with Crippen molar-refractivity contribution in [1.82, 2.24) is 0 Å². The Bertz CT molecular complexity index is 334. The molecule has 82 valence electrons. The van der Waals surface area contributed by atoms with Gasteiger partial charge in [-0.25, -0.2) is 0 Å². The summed E-state index contributed by atoms with van der Waals surface area (Å²) in [5.74, 6) is 0.391. The molecule has 2 nitrogen and oxygen atoms in total. The molecular formula is C12H16O2S. The van der Waals surface area contributed by atoms with E-state index < -0.39 is 5.97 Å². The molecule has 0 unspecified atom stereocenters. The number of carboxylic acids is 1. The SMILES string of the molecule is CC(C)c1ccccc1SCCC(=O)O. The zero-order chi connectivity index (χ0) is 11.3. The number of carbonyl (C=O) groups is 1. The molecule has 0 saturated heterocycles. The van der Waals surface area contributed by atoms with Crippen LogP contribution in [0.25, 0.3) is 0 Å². The summed E-state index contributed by atoms with van der Waals surface area (Å²) in [6, 6.07) is 8.18. The van der Waals surface area contributed by atoms with E-state index in [1.165, 1.54) is 10.5 Å². The van der Waals surface area contributed by atoms with Crippen molar-refractivity contribution in [3.8, 4) is 0 Å². The number of carboxylic acid groups (broad SMARTS) is 1. The van der Waals surface area contributed by atoms with Gasteiger partial charge in [0.05, 0.1) is 6.42 Å². The second-order valence-corrected chi connectivity index (χ2v) is 4.82. The molecule has 0 fully saturated rings. The van der Waals surface area contributed by atoms with Crippen LogP contribution in [0.1, 0.15) is 31.7 Å². The lowest BCUT2D eigenvalue weighted by Gasteiger charge is -2.11. The first kappa shape index (κ1) is 12.1. The number of aliphatic carboxylic acids is 1. The van der Waals surface area contributed by atoms with Crippen molar-refractivity contribution in [3.05, 3.63) is 29.8 Å². The van der Waals surface area contributed by atoms with Crippen molar-refractivity contribution >= 4 is 17.7 Å². The fourth-order valence-electron chi connectivity index (χ4n) is 1.34. The van der Waals surface area contributed by atoms with Crippen LogP contribution in [0.5, 0.6) is 0 Å². The second kappa shape index (κ2) is 5.81. The maximum Gasteiger partial charge on any atom is 0.304 e. The quantitative estimate of drug-likeness (QED) is 0.779. The molecule has 0 saturated carbocycles. The van der Waals surface area contributed by atoms with Crippen LogP contribution in [-0.4, -0.2) is 16.8 Å². The number of thioether (sulfide) groups is 1. The van der Waals surface area contributed by atoms with Gasteiger partial charge in [-0.05, 0) is 17.5 Å². The lowest BCUT2D eigenvalue weighted by atomic mass is 10.0. The molecule has 0 bridgehead atoms. The molecule has 15 heavy (non-hydrogen) atoms. The summed E-state index contributed by atoms with van der Waals surface area (Å²) in [4.78, 5) is 11.6. The van der Waals surface area contributed by atoms with E-state index in [2.05, 4.69) is 26.0 Å². The highest BCUT2D eigenvalue weighted by Crippen LogP contribution is 2.28. The van der Waals surface area contributed by atoms with E-state index in [0.29, 0.717) is 11.7 Å². The molecule has 0 aliphatic carbocycles. The topological polar surface area (TPSA) is 37.3 Å². The molecule has 1 N–H and O–H groups in total. The number of rotatable bonds is 5. The molecule has 0 amide bonds. The fraction of sp³-hybridized carbons (Fsp3) is 0.417. The monoisotopic (exact) mass is 224 g/mol. The van der Waals surface area contributed by atoms with Crippen LogP contribution >= 0.6 is 11.8 Å². The number of hydrogen-bond acceptors (Lipinski definition) is 2. The summed E-state index contributed by atoms with van der Waals surface area (Å²) in [6.45, 7) is 4.30. The summed E-state index contributed by atoms with van der Waals surface area (Å²) in [5, 5.41) is 8.56. The minimum absolute atomic E-state index is 0.219. The van der Waals surface area contributed by atoms with Crippen LogP contribution in [0.4, 0.5) is 0 Å². The van der Waals surface area contributed by atoms with E-state index in [1.54, 1.807) is 11.8 Å². The molecule has 0 radical (unpaired) electrons. The number of hydrogen-bond donors (Lipinski definition) is 1. The summed E-state index contributed by atoms with van der Waals surface area (Å²) < 4.78 is 0. The van der Waals surface area contributed by atoms with E-state index in [9.17, 15) is 4.79 Å². The van der Waals surface area contributed by atoms with Crippen molar-refractivity contribution in [2.24, 2.45) is 0 Å². The van der Waals surface area contributed by atoms with Gasteiger partial charge in [-0.3, -0.25) is 4.79 Å². The third kappa shape index (κ3) is 3.96. The Morgan fingerprint density at radius 2 is 2.07 bits per heavy atom. The Hall–Kier alpha value is -0.960. The Morgan fingerprint density at radius 3 is 2.67 bits per heavy atom. The van der Waals surface area contributed by atoms with Gasteiger partial charge in [0.2, 0.25) is 0 Å². The molecule has 0 spiro atoms. The predicted molar refractivity (Wildman–Crippen MR) is 63.5 cm³/mol. The Kier molecular flexibility index (Phi) is 4.69. The summed E-state index contributed by atoms with van der Waals surface area (Å²) >= 11 is 1.62. The smallest absolute Gasteiger partial charge is 0.304 e. The third-order valence-corrected chi connectivity index (χ3v) is 3.21. The van der Waals surface area contributed by atoms with Gasteiger partial charge in [0.1, 0.15) is 0 Å². The average molecular weight is 224 g/mol. The maximum absolute atomic E-state index is 10.4. The summed E-state index contributed by atoms with van der Waals surface area (Å²) in [6.07, 6.45) is 0.219. The van der Waals surface area contributed by atoms with Gasteiger partial charge in [0.25, 0.3) is 0 Å². The molecule has 1 rings (SSSR count). The Morgan fingerprint density at radius 1 is 1.40 bits per heavy atom. The highest BCUT2D eigenvalue weighted by Gasteiger charge is 2.06. The van der Waals surface area contributed by atoms with E-state index in [0.717, 1.165) is 0 Å². The minimum atomic E-state index is -0.732. The van der Waals surface area contributed by atoms with Crippen LogP contribution in [0.2, 0.25) is 0 Å². The predicted octanol–water partition coefficient (Wildman–Crippen LogP) is 3.38. The zero-order valence-corrected chi connectivity index (χ0v) is 9.88. The van der Waals surface area contributed by atoms with Crippen LogP contribution in [-0.2, 0) is 4.79 Å². The van der Waals surface area contributed by atoms with E-state index >= 15 is 0 Å². The Balaban J connectivity index is 2.63.